The Bertz CT molecular complexity index is 1050. The summed E-state index contributed by atoms with van der Waals surface area (Å²) in [5, 5.41) is 6.91. The van der Waals surface area contributed by atoms with Crippen molar-refractivity contribution in [3.63, 3.8) is 0 Å². The number of halogens is 4. The first kappa shape index (κ1) is 20.8. The van der Waals surface area contributed by atoms with E-state index in [2.05, 4.69) is 20.4 Å². The van der Waals surface area contributed by atoms with Gasteiger partial charge in [-0.2, -0.15) is 23.3 Å². The first-order chi connectivity index (χ1) is 13.6. The molecule has 0 radical (unpaired) electrons. The molecule has 0 saturated carbocycles. The molecule has 2 heterocycles. The van der Waals surface area contributed by atoms with Gasteiger partial charge in [-0.1, -0.05) is 11.6 Å². The Morgan fingerprint density at radius 1 is 1.31 bits per heavy atom. The van der Waals surface area contributed by atoms with Crippen LogP contribution in [0.4, 0.5) is 18.9 Å². The Labute approximate surface area is 168 Å². The summed E-state index contributed by atoms with van der Waals surface area (Å²) in [4.78, 5) is 20.8. The zero-order valence-corrected chi connectivity index (χ0v) is 16.3. The highest BCUT2D eigenvalue weighted by Gasteiger charge is 2.29. The molecule has 0 unspecified atom stereocenters. The van der Waals surface area contributed by atoms with Crippen LogP contribution in [-0.4, -0.2) is 38.3 Å². The van der Waals surface area contributed by atoms with E-state index in [0.29, 0.717) is 12.2 Å². The molecular formula is C18H17ClF3N5O2. The summed E-state index contributed by atoms with van der Waals surface area (Å²) >= 11 is 5.90. The molecule has 0 aliphatic rings. The predicted molar refractivity (Wildman–Crippen MR) is 100 cm³/mol. The van der Waals surface area contributed by atoms with Crippen LogP contribution in [0.3, 0.4) is 0 Å². The summed E-state index contributed by atoms with van der Waals surface area (Å²) in [5.41, 5.74) is 2.46. The molecule has 0 aliphatic heterocycles. The van der Waals surface area contributed by atoms with E-state index in [1.165, 1.54) is 24.5 Å². The quantitative estimate of drug-likeness (QED) is 0.645. The van der Waals surface area contributed by atoms with Gasteiger partial charge in [0.1, 0.15) is 12.1 Å². The molecule has 0 saturated heterocycles. The fourth-order valence-corrected chi connectivity index (χ4v) is 3.03. The molecule has 3 rings (SSSR count). The van der Waals surface area contributed by atoms with E-state index in [4.69, 9.17) is 16.3 Å². The smallest absolute Gasteiger partial charge is 0.422 e. The Morgan fingerprint density at radius 3 is 2.79 bits per heavy atom. The number of aromatic nitrogens is 4. The van der Waals surface area contributed by atoms with Gasteiger partial charge in [0, 0.05) is 22.8 Å². The van der Waals surface area contributed by atoms with Crippen LogP contribution in [0.5, 0.6) is 5.75 Å². The van der Waals surface area contributed by atoms with E-state index in [9.17, 15) is 18.0 Å². The Hall–Kier alpha value is -2.88. The van der Waals surface area contributed by atoms with Crippen molar-refractivity contribution in [3.8, 4) is 5.75 Å². The number of carbonyl (C=O) groups is 1. The highest BCUT2D eigenvalue weighted by atomic mass is 35.5. The number of alkyl halides is 3. The molecule has 0 fully saturated rings. The van der Waals surface area contributed by atoms with E-state index in [1.54, 1.807) is 4.52 Å². The fourth-order valence-electron chi connectivity index (χ4n) is 2.85. The summed E-state index contributed by atoms with van der Waals surface area (Å²) < 4.78 is 43.6. The molecule has 154 valence electrons. The monoisotopic (exact) mass is 427 g/mol. The molecule has 0 bridgehead atoms. The average molecular weight is 428 g/mol. The lowest BCUT2D eigenvalue weighted by Crippen LogP contribution is -2.20. The van der Waals surface area contributed by atoms with Gasteiger partial charge in [0.15, 0.2) is 6.61 Å². The second-order valence-electron chi connectivity index (χ2n) is 6.33. The van der Waals surface area contributed by atoms with Crippen molar-refractivity contribution in [1.29, 1.82) is 0 Å². The van der Waals surface area contributed by atoms with E-state index in [0.717, 1.165) is 17.0 Å². The van der Waals surface area contributed by atoms with Crippen LogP contribution in [0.2, 0.25) is 5.02 Å². The maximum absolute atomic E-state index is 12.4. The number of hydrogen-bond acceptors (Lipinski definition) is 5. The van der Waals surface area contributed by atoms with Crippen molar-refractivity contribution >= 4 is 29.0 Å². The number of nitrogens with one attached hydrogen (secondary N) is 1. The van der Waals surface area contributed by atoms with Gasteiger partial charge in [-0.15, -0.1) is 0 Å². The zero-order chi connectivity index (χ0) is 21.2. The van der Waals surface area contributed by atoms with Gasteiger partial charge in [0.05, 0.1) is 5.69 Å². The maximum Gasteiger partial charge on any atom is 0.422 e. The third-order valence-electron chi connectivity index (χ3n) is 4.20. The van der Waals surface area contributed by atoms with Gasteiger partial charge >= 0.3 is 6.18 Å². The first-order valence-corrected chi connectivity index (χ1v) is 8.96. The molecule has 0 aliphatic carbocycles. The van der Waals surface area contributed by atoms with E-state index >= 15 is 0 Å². The predicted octanol–water partition coefficient (Wildman–Crippen LogP) is 3.91. The number of carbonyl (C=O) groups excluding carboxylic acids is 1. The average Bonchev–Trinajstić information content (AvgIpc) is 3.08. The molecule has 1 aromatic carbocycles. The van der Waals surface area contributed by atoms with Crippen LogP contribution < -0.4 is 10.1 Å². The van der Waals surface area contributed by atoms with Crippen LogP contribution in [0, 0.1) is 13.8 Å². The number of rotatable bonds is 6. The molecule has 1 amide bonds. The molecule has 3 aromatic rings. The number of amides is 1. The van der Waals surface area contributed by atoms with Gasteiger partial charge in [0.25, 0.3) is 5.78 Å². The minimum Gasteiger partial charge on any atom is -0.482 e. The van der Waals surface area contributed by atoms with Gasteiger partial charge in [-0.05, 0) is 44.0 Å². The summed E-state index contributed by atoms with van der Waals surface area (Å²) in [6.07, 6.45) is -2.66. The summed E-state index contributed by atoms with van der Waals surface area (Å²) in [6, 6.07) is 4.00. The Kier molecular flexibility index (Phi) is 5.92. The fraction of sp³-hybridized carbons (Fsp3) is 0.333. The number of anilines is 1. The summed E-state index contributed by atoms with van der Waals surface area (Å²) in [7, 11) is 0. The first-order valence-electron chi connectivity index (χ1n) is 8.59. The number of fused-ring (bicyclic) bond motifs is 1. The van der Waals surface area contributed by atoms with Crippen LogP contribution in [0.25, 0.3) is 5.78 Å². The van der Waals surface area contributed by atoms with Gasteiger partial charge in [-0.3, -0.25) is 4.79 Å². The van der Waals surface area contributed by atoms with Crippen LogP contribution in [-0.2, 0) is 11.2 Å². The highest BCUT2D eigenvalue weighted by molar-refractivity contribution is 6.31. The van der Waals surface area contributed by atoms with Crippen LogP contribution >= 0.6 is 11.6 Å². The normalized spacial score (nSPS) is 11.7. The molecule has 11 heteroatoms. The SMILES string of the molecule is Cc1nc2ncnn2c(C)c1CCC(=O)Nc1cc(Cl)ccc1OCC(F)(F)F. The molecule has 0 spiro atoms. The molecule has 0 atom stereocenters. The number of hydrogen-bond donors (Lipinski definition) is 1. The molecular weight excluding hydrogens is 411 g/mol. The van der Waals surface area contributed by atoms with Crippen molar-refractivity contribution in [1.82, 2.24) is 19.6 Å². The third kappa shape index (κ3) is 5.14. The summed E-state index contributed by atoms with van der Waals surface area (Å²) in [5.74, 6) is -0.0432. The van der Waals surface area contributed by atoms with Crippen LogP contribution in [0.1, 0.15) is 23.4 Å². The minimum absolute atomic E-state index is 0.0741. The summed E-state index contributed by atoms with van der Waals surface area (Å²) in [6.45, 7) is 2.19. The van der Waals surface area contributed by atoms with Crippen LogP contribution in [0.15, 0.2) is 24.5 Å². The van der Waals surface area contributed by atoms with Crippen molar-refractivity contribution in [2.24, 2.45) is 0 Å². The zero-order valence-electron chi connectivity index (χ0n) is 15.5. The lowest BCUT2D eigenvalue weighted by molar-refractivity contribution is -0.153. The largest absolute Gasteiger partial charge is 0.482 e. The molecule has 1 N–H and O–H groups in total. The minimum atomic E-state index is -4.50. The van der Waals surface area contributed by atoms with Gasteiger partial charge in [-0.25, -0.2) is 9.50 Å². The number of ether oxygens (including phenoxy) is 1. The Balaban J connectivity index is 1.71. The lowest BCUT2D eigenvalue weighted by Gasteiger charge is -2.15. The topological polar surface area (TPSA) is 81.4 Å². The van der Waals surface area contributed by atoms with Gasteiger partial charge in [0.2, 0.25) is 5.91 Å². The van der Waals surface area contributed by atoms with E-state index in [1.807, 2.05) is 13.8 Å². The standard InChI is InChI=1S/C18H17ClF3N5O2/c1-10-13(11(2)27-17(25-10)23-9-24-27)4-6-16(28)26-14-7-12(19)3-5-15(14)29-8-18(20,21)22/h3,5,7,9H,4,6,8H2,1-2H3,(H,26,28). The van der Waals surface area contributed by atoms with E-state index in [-0.39, 0.29) is 22.9 Å². The third-order valence-corrected chi connectivity index (χ3v) is 4.43. The number of nitrogens with zero attached hydrogens (tertiary/aromatic N) is 4. The maximum atomic E-state index is 12.4. The second kappa shape index (κ2) is 8.24. The molecule has 7 nitrogen and oxygen atoms in total. The highest BCUT2D eigenvalue weighted by Crippen LogP contribution is 2.30. The van der Waals surface area contributed by atoms with Crippen molar-refractivity contribution in [3.05, 3.63) is 46.5 Å². The lowest BCUT2D eigenvalue weighted by atomic mass is 10.1. The molecule has 29 heavy (non-hydrogen) atoms. The van der Waals surface area contributed by atoms with Crippen molar-refractivity contribution < 1.29 is 22.7 Å². The second-order valence-corrected chi connectivity index (χ2v) is 6.76. The molecule has 2 aromatic heterocycles. The van der Waals surface area contributed by atoms with Gasteiger partial charge < -0.3 is 10.1 Å². The number of aryl methyl sites for hydroxylation is 2. The number of benzene rings is 1. The van der Waals surface area contributed by atoms with Crippen molar-refractivity contribution in [2.75, 3.05) is 11.9 Å². The Morgan fingerprint density at radius 2 is 2.07 bits per heavy atom. The van der Waals surface area contributed by atoms with Crippen molar-refractivity contribution in [2.45, 2.75) is 32.9 Å². The van der Waals surface area contributed by atoms with E-state index < -0.39 is 18.7 Å².